The minimum Gasteiger partial charge on any atom is -0.465 e. The van der Waals surface area contributed by atoms with E-state index in [0.29, 0.717) is 23.2 Å². The molecule has 0 bridgehead atoms. The molecule has 0 N–H and O–H groups in total. The minimum absolute atomic E-state index is 0.0160. The van der Waals surface area contributed by atoms with Crippen LogP contribution < -0.4 is 0 Å². The second-order valence-electron chi connectivity index (χ2n) is 4.29. The van der Waals surface area contributed by atoms with Crippen LogP contribution in [0.5, 0.6) is 0 Å². The zero-order valence-corrected chi connectivity index (χ0v) is 13.3. The molecule has 0 saturated carbocycles. The van der Waals surface area contributed by atoms with Crippen molar-refractivity contribution >= 4 is 27.6 Å². The van der Waals surface area contributed by atoms with Crippen molar-refractivity contribution in [2.45, 2.75) is 13.5 Å². The Morgan fingerprint density at radius 2 is 2.29 bits per heavy atom. The van der Waals surface area contributed by atoms with Crippen molar-refractivity contribution in [1.82, 2.24) is 4.90 Å². The standard InChI is InChI=1S/C14H17BrN2O4/c1-3-7-16(10-14(18)21-4-2)9-11-5-6-12(15)8-13(11)17(19)20/h3,5-6,8H,1,4,7,9-10H2,2H3. The molecule has 0 radical (unpaired) electrons. The monoisotopic (exact) mass is 356 g/mol. The number of hydrogen-bond acceptors (Lipinski definition) is 5. The lowest BCUT2D eigenvalue weighted by atomic mass is 10.1. The van der Waals surface area contributed by atoms with Crippen molar-refractivity contribution in [3.05, 3.63) is 51.0 Å². The van der Waals surface area contributed by atoms with Gasteiger partial charge in [0.15, 0.2) is 0 Å². The average molecular weight is 357 g/mol. The van der Waals surface area contributed by atoms with Gasteiger partial charge in [-0.3, -0.25) is 19.8 Å². The van der Waals surface area contributed by atoms with Crippen LogP contribution in [-0.4, -0.2) is 35.5 Å². The number of halogens is 1. The molecule has 0 aliphatic rings. The number of hydrogen-bond donors (Lipinski definition) is 0. The highest BCUT2D eigenvalue weighted by atomic mass is 79.9. The highest BCUT2D eigenvalue weighted by molar-refractivity contribution is 9.10. The Labute approximate surface area is 131 Å². The lowest BCUT2D eigenvalue weighted by Gasteiger charge is -2.19. The maximum absolute atomic E-state index is 11.6. The van der Waals surface area contributed by atoms with Crippen LogP contribution in [0.15, 0.2) is 35.3 Å². The van der Waals surface area contributed by atoms with Gasteiger partial charge in [0.2, 0.25) is 0 Å². The van der Waals surface area contributed by atoms with Crippen LogP contribution in [0.4, 0.5) is 5.69 Å². The molecule has 21 heavy (non-hydrogen) atoms. The molecular weight excluding hydrogens is 340 g/mol. The Hall–Kier alpha value is -1.73. The quantitative estimate of drug-likeness (QED) is 0.310. The van der Waals surface area contributed by atoms with E-state index in [0.717, 1.165) is 0 Å². The summed E-state index contributed by atoms with van der Waals surface area (Å²) < 4.78 is 5.53. The van der Waals surface area contributed by atoms with E-state index < -0.39 is 4.92 Å². The zero-order valence-electron chi connectivity index (χ0n) is 11.8. The summed E-state index contributed by atoms with van der Waals surface area (Å²) >= 11 is 3.21. The second kappa shape index (κ2) is 8.53. The number of carbonyl (C=O) groups excluding carboxylic acids is 1. The van der Waals surface area contributed by atoms with E-state index >= 15 is 0 Å². The number of rotatable bonds is 8. The first kappa shape index (κ1) is 17.3. The predicted molar refractivity (Wildman–Crippen MR) is 82.9 cm³/mol. The molecule has 114 valence electrons. The number of esters is 1. The maximum atomic E-state index is 11.6. The van der Waals surface area contributed by atoms with Gasteiger partial charge < -0.3 is 4.74 Å². The Kier molecular flexibility index (Phi) is 7.04. The molecule has 0 unspecified atom stereocenters. The third-order valence-electron chi connectivity index (χ3n) is 2.68. The fourth-order valence-corrected chi connectivity index (χ4v) is 2.19. The molecule has 6 nitrogen and oxygen atoms in total. The van der Waals surface area contributed by atoms with Crippen molar-refractivity contribution in [3.63, 3.8) is 0 Å². The third-order valence-corrected chi connectivity index (χ3v) is 3.18. The number of benzene rings is 1. The summed E-state index contributed by atoms with van der Waals surface area (Å²) in [4.78, 5) is 23.9. The Bertz CT molecular complexity index is 534. The minimum atomic E-state index is -0.434. The summed E-state index contributed by atoms with van der Waals surface area (Å²) in [5.74, 6) is -0.362. The first-order valence-electron chi connectivity index (χ1n) is 6.39. The number of nitrogens with zero attached hydrogens (tertiary/aromatic N) is 2. The molecule has 0 aliphatic heterocycles. The predicted octanol–water partition coefficient (Wildman–Crippen LogP) is 2.91. The molecular formula is C14H17BrN2O4. The molecule has 0 atom stereocenters. The van der Waals surface area contributed by atoms with Crippen LogP contribution in [0.25, 0.3) is 0 Å². The Morgan fingerprint density at radius 3 is 2.86 bits per heavy atom. The number of carbonyl (C=O) groups is 1. The molecule has 0 saturated heterocycles. The number of nitro groups is 1. The summed E-state index contributed by atoms with van der Waals surface area (Å²) in [7, 11) is 0. The van der Waals surface area contributed by atoms with Crippen LogP contribution in [0, 0.1) is 10.1 Å². The van der Waals surface area contributed by atoms with Gasteiger partial charge in [-0.2, -0.15) is 0 Å². The molecule has 0 amide bonds. The fourth-order valence-electron chi connectivity index (χ4n) is 1.84. The second-order valence-corrected chi connectivity index (χ2v) is 5.21. The van der Waals surface area contributed by atoms with Crippen molar-refractivity contribution in [2.24, 2.45) is 0 Å². The van der Waals surface area contributed by atoms with E-state index in [4.69, 9.17) is 4.74 Å². The number of ether oxygens (including phenoxy) is 1. The molecule has 0 heterocycles. The molecule has 0 aromatic heterocycles. The SMILES string of the molecule is C=CCN(CC(=O)OCC)Cc1ccc(Br)cc1[N+](=O)[O-]. The van der Waals surface area contributed by atoms with Gasteiger partial charge in [0.05, 0.1) is 18.1 Å². The molecule has 0 aliphatic carbocycles. The van der Waals surface area contributed by atoms with Crippen molar-refractivity contribution in [1.29, 1.82) is 0 Å². The van der Waals surface area contributed by atoms with E-state index in [1.165, 1.54) is 6.07 Å². The van der Waals surface area contributed by atoms with Gasteiger partial charge in [0.1, 0.15) is 0 Å². The summed E-state index contributed by atoms with van der Waals surface area (Å²) in [5, 5.41) is 11.1. The summed E-state index contributed by atoms with van der Waals surface area (Å²) in [6.45, 7) is 6.44. The molecule has 0 fully saturated rings. The summed E-state index contributed by atoms with van der Waals surface area (Å²) in [6.07, 6.45) is 1.64. The summed E-state index contributed by atoms with van der Waals surface area (Å²) in [5.41, 5.74) is 0.552. The lowest BCUT2D eigenvalue weighted by Crippen LogP contribution is -2.31. The molecule has 1 aromatic rings. The van der Waals surface area contributed by atoms with E-state index in [-0.39, 0.29) is 24.7 Å². The normalized spacial score (nSPS) is 10.4. The van der Waals surface area contributed by atoms with Crippen LogP contribution >= 0.6 is 15.9 Å². The Balaban J connectivity index is 2.90. The topological polar surface area (TPSA) is 72.7 Å². The first-order chi connectivity index (χ1) is 9.97. The van der Waals surface area contributed by atoms with E-state index in [1.54, 1.807) is 30.0 Å². The maximum Gasteiger partial charge on any atom is 0.320 e. The van der Waals surface area contributed by atoms with Gasteiger partial charge in [0.25, 0.3) is 5.69 Å². The van der Waals surface area contributed by atoms with Crippen molar-refractivity contribution < 1.29 is 14.5 Å². The van der Waals surface area contributed by atoms with E-state index in [1.807, 2.05) is 0 Å². The summed E-state index contributed by atoms with van der Waals surface area (Å²) in [6, 6.07) is 4.86. The highest BCUT2D eigenvalue weighted by Gasteiger charge is 2.18. The smallest absolute Gasteiger partial charge is 0.320 e. The van der Waals surface area contributed by atoms with Gasteiger partial charge in [-0.15, -0.1) is 6.58 Å². The van der Waals surface area contributed by atoms with E-state index in [2.05, 4.69) is 22.5 Å². The average Bonchev–Trinajstić information content (AvgIpc) is 2.41. The fraction of sp³-hybridized carbons (Fsp3) is 0.357. The Morgan fingerprint density at radius 1 is 1.57 bits per heavy atom. The van der Waals surface area contributed by atoms with Gasteiger partial charge in [0, 0.05) is 29.2 Å². The van der Waals surface area contributed by atoms with Gasteiger partial charge in [-0.1, -0.05) is 22.0 Å². The largest absolute Gasteiger partial charge is 0.465 e. The lowest BCUT2D eigenvalue weighted by molar-refractivity contribution is -0.385. The molecule has 0 spiro atoms. The highest BCUT2D eigenvalue weighted by Crippen LogP contribution is 2.24. The van der Waals surface area contributed by atoms with Crippen LogP contribution in [0.3, 0.4) is 0 Å². The number of nitro benzene ring substituents is 1. The van der Waals surface area contributed by atoms with Crippen molar-refractivity contribution in [3.8, 4) is 0 Å². The van der Waals surface area contributed by atoms with Crippen LogP contribution in [0.2, 0.25) is 0 Å². The van der Waals surface area contributed by atoms with Crippen molar-refractivity contribution in [2.75, 3.05) is 19.7 Å². The van der Waals surface area contributed by atoms with Gasteiger partial charge >= 0.3 is 5.97 Å². The van der Waals surface area contributed by atoms with E-state index in [9.17, 15) is 14.9 Å². The van der Waals surface area contributed by atoms with Gasteiger partial charge in [-0.25, -0.2) is 0 Å². The first-order valence-corrected chi connectivity index (χ1v) is 7.19. The van der Waals surface area contributed by atoms with Gasteiger partial charge in [-0.05, 0) is 19.1 Å². The third kappa shape index (κ3) is 5.65. The van der Waals surface area contributed by atoms with Crippen LogP contribution in [0.1, 0.15) is 12.5 Å². The molecule has 7 heteroatoms. The molecule has 1 rings (SSSR count). The van der Waals surface area contributed by atoms with Crippen LogP contribution in [-0.2, 0) is 16.1 Å². The molecule has 1 aromatic carbocycles. The zero-order chi connectivity index (χ0) is 15.8.